The van der Waals surface area contributed by atoms with Gasteiger partial charge in [-0.1, -0.05) is 19.9 Å². The third kappa shape index (κ3) is 1.85. The standard InChI is InChI=1S/C9H15NO2/c1-6(2)7-4-5-9(3,10)12-8(7)11/h4,6H,5,10H2,1-3H3. The van der Waals surface area contributed by atoms with E-state index in [2.05, 4.69) is 0 Å². The highest BCUT2D eigenvalue weighted by Crippen LogP contribution is 2.23. The molecule has 0 aromatic carbocycles. The molecule has 0 spiro atoms. The molecule has 1 aliphatic rings. The van der Waals surface area contributed by atoms with Crippen molar-refractivity contribution in [1.82, 2.24) is 0 Å². The minimum atomic E-state index is -0.810. The Kier molecular flexibility index (Phi) is 2.24. The van der Waals surface area contributed by atoms with Gasteiger partial charge in [0.25, 0.3) is 0 Å². The van der Waals surface area contributed by atoms with Crippen LogP contribution in [-0.4, -0.2) is 11.7 Å². The fraction of sp³-hybridized carbons (Fsp3) is 0.667. The monoisotopic (exact) mass is 169 g/mol. The number of ether oxygens (including phenoxy) is 1. The van der Waals surface area contributed by atoms with E-state index in [1.807, 2.05) is 19.9 Å². The van der Waals surface area contributed by atoms with Crippen LogP contribution in [0.5, 0.6) is 0 Å². The van der Waals surface area contributed by atoms with Crippen LogP contribution in [0.4, 0.5) is 0 Å². The minimum absolute atomic E-state index is 0.216. The Morgan fingerprint density at radius 1 is 1.67 bits per heavy atom. The number of carbonyl (C=O) groups is 1. The van der Waals surface area contributed by atoms with Crippen LogP contribution in [0.15, 0.2) is 11.6 Å². The van der Waals surface area contributed by atoms with Crippen LogP contribution < -0.4 is 5.73 Å². The molecule has 68 valence electrons. The van der Waals surface area contributed by atoms with Crippen molar-refractivity contribution >= 4 is 5.97 Å². The summed E-state index contributed by atoms with van der Waals surface area (Å²) in [5.41, 5.74) is 5.57. The quantitative estimate of drug-likeness (QED) is 0.600. The Labute approximate surface area is 72.6 Å². The second-order valence-corrected chi connectivity index (χ2v) is 3.72. The Morgan fingerprint density at radius 2 is 2.25 bits per heavy atom. The molecular formula is C9H15NO2. The lowest BCUT2D eigenvalue weighted by molar-refractivity contribution is -0.154. The van der Waals surface area contributed by atoms with Gasteiger partial charge in [-0.3, -0.25) is 5.73 Å². The molecule has 0 aromatic heterocycles. The number of hydrogen-bond donors (Lipinski definition) is 1. The maximum absolute atomic E-state index is 11.3. The number of carbonyl (C=O) groups excluding carboxylic acids is 1. The lowest BCUT2D eigenvalue weighted by atomic mass is 9.97. The van der Waals surface area contributed by atoms with Crippen LogP contribution in [0, 0.1) is 5.92 Å². The van der Waals surface area contributed by atoms with Gasteiger partial charge in [-0.05, 0) is 12.8 Å². The molecule has 2 N–H and O–H groups in total. The van der Waals surface area contributed by atoms with E-state index in [1.165, 1.54) is 0 Å². The molecule has 1 atom stereocenters. The van der Waals surface area contributed by atoms with Gasteiger partial charge in [-0.25, -0.2) is 4.79 Å². The topological polar surface area (TPSA) is 52.3 Å². The van der Waals surface area contributed by atoms with Gasteiger partial charge in [0.05, 0.1) is 0 Å². The minimum Gasteiger partial charge on any atom is -0.441 e. The second-order valence-electron chi connectivity index (χ2n) is 3.72. The summed E-state index contributed by atoms with van der Waals surface area (Å²) in [7, 11) is 0. The Bertz CT molecular complexity index is 229. The van der Waals surface area contributed by atoms with E-state index in [0.717, 1.165) is 5.57 Å². The lowest BCUT2D eigenvalue weighted by Crippen LogP contribution is -2.44. The maximum atomic E-state index is 11.3. The first kappa shape index (κ1) is 9.26. The van der Waals surface area contributed by atoms with Gasteiger partial charge in [0.1, 0.15) is 0 Å². The first-order valence-electron chi connectivity index (χ1n) is 4.14. The van der Waals surface area contributed by atoms with Crippen LogP contribution >= 0.6 is 0 Å². The van der Waals surface area contributed by atoms with Crippen molar-refractivity contribution in [3.63, 3.8) is 0 Å². The van der Waals surface area contributed by atoms with Crippen LogP contribution in [-0.2, 0) is 9.53 Å². The summed E-state index contributed by atoms with van der Waals surface area (Å²) in [6.45, 7) is 5.64. The molecular weight excluding hydrogens is 154 g/mol. The maximum Gasteiger partial charge on any atom is 0.335 e. The molecule has 0 fully saturated rings. The SMILES string of the molecule is CC(C)C1=CCC(C)(N)OC1=O. The summed E-state index contributed by atoms with van der Waals surface area (Å²) in [6, 6.07) is 0. The molecule has 0 radical (unpaired) electrons. The molecule has 12 heavy (non-hydrogen) atoms. The predicted molar refractivity (Wildman–Crippen MR) is 46.2 cm³/mol. The number of hydrogen-bond acceptors (Lipinski definition) is 3. The molecule has 1 unspecified atom stereocenters. The Morgan fingerprint density at radius 3 is 2.67 bits per heavy atom. The van der Waals surface area contributed by atoms with E-state index in [4.69, 9.17) is 10.5 Å². The number of cyclic esters (lactones) is 1. The van der Waals surface area contributed by atoms with Gasteiger partial charge in [-0.2, -0.15) is 0 Å². The molecule has 0 amide bonds. The van der Waals surface area contributed by atoms with Crippen LogP contribution in [0.3, 0.4) is 0 Å². The zero-order valence-corrected chi connectivity index (χ0v) is 7.76. The summed E-state index contributed by atoms with van der Waals surface area (Å²) in [5, 5.41) is 0. The molecule has 0 saturated carbocycles. The van der Waals surface area contributed by atoms with Crippen LogP contribution in [0.25, 0.3) is 0 Å². The third-order valence-electron chi connectivity index (χ3n) is 1.91. The van der Waals surface area contributed by atoms with Gasteiger partial charge in [0, 0.05) is 12.0 Å². The fourth-order valence-corrected chi connectivity index (χ4v) is 1.18. The Balaban J connectivity index is 2.82. The molecule has 1 aliphatic heterocycles. The summed E-state index contributed by atoms with van der Waals surface area (Å²) in [4.78, 5) is 11.3. The summed E-state index contributed by atoms with van der Waals surface area (Å²) in [5.74, 6) is -0.0603. The average molecular weight is 169 g/mol. The number of esters is 1. The van der Waals surface area contributed by atoms with Crippen molar-refractivity contribution in [2.24, 2.45) is 11.7 Å². The van der Waals surface area contributed by atoms with E-state index in [1.54, 1.807) is 6.92 Å². The van der Waals surface area contributed by atoms with Crippen molar-refractivity contribution in [3.05, 3.63) is 11.6 Å². The zero-order chi connectivity index (χ0) is 9.35. The largest absolute Gasteiger partial charge is 0.441 e. The smallest absolute Gasteiger partial charge is 0.335 e. The second kappa shape index (κ2) is 2.90. The summed E-state index contributed by atoms with van der Waals surface area (Å²) >= 11 is 0. The van der Waals surface area contributed by atoms with Crippen molar-refractivity contribution in [3.8, 4) is 0 Å². The molecule has 0 aromatic rings. The van der Waals surface area contributed by atoms with E-state index >= 15 is 0 Å². The summed E-state index contributed by atoms with van der Waals surface area (Å²) in [6.07, 6.45) is 2.47. The van der Waals surface area contributed by atoms with Crippen LogP contribution in [0.1, 0.15) is 27.2 Å². The molecule has 0 bridgehead atoms. The normalized spacial score (nSPS) is 30.1. The lowest BCUT2D eigenvalue weighted by Gasteiger charge is -2.29. The van der Waals surface area contributed by atoms with Gasteiger partial charge >= 0.3 is 5.97 Å². The van der Waals surface area contributed by atoms with Crippen molar-refractivity contribution in [2.45, 2.75) is 32.9 Å². The van der Waals surface area contributed by atoms with Crippen molar-refractivity contribution in [2.75, 3.05) is 0 Å². The fourth-order valence-electron chi connectivity index (χ4n) is 1.18. The highest BCUT2D eigenvalue weighted by molar-refractivity contribution is 5.89. The van der Waals surface area contributed by atoms with E-state index in [-0.39, 0.29) is 11.9 Å². The van der Waals surface area contributed by atoms with Crippen LogP contribution in [0.2, 0.25) is 0 Å². The Hall–Kier alpha value is -0.830. The number of rotatable bonds is 1. The first-order chi connectivity index (χ1) is 5.42. The third-order valence-corrected chi connectivity index (χ3v) is 1.91. The molecule has 1 rings (SSSR count). The van der Waals surface area contributed by atoms with E-state index < -0.39 is 5.72 Å². The van der Waals surface area contributed by atoms with Crippen molar-refractivity contribution < 1.29 is 9.53 Å². The average Bonchev–Trinajstić information content (AvgIpc) is 1.83. The van der Waals surface area contributed by atoms with Gasteiger partial charge in [0.15, 0.2) is 5.72 Å². The van der Waals surface area contributed by atoms with E-state index in [9.17, 15) is 4.79 Å². The molecule has 1 heterocycles. The van der Waals surface area contributed by atoms with Gasteiger partial charge in [-0.15, -0.1) is 0 Å². The van der Waals surface area contributed by atoms with Crippen molar-refractivity contribution in [1.29, 1.82) is 0 Å². The predicted octanol–water partition coefficient (Wildman–Crippen LogP) is 1.19. The van der Waals surface area contributed by atoms with E-state index in [0.29, 0.717) is 6.42 Å². The summed E-state index contributed by atoms with van der Waals surface area (Å²) < 4.78 is 5.02. The molecule has 0 aliphatic carbocycles. The van der Waals surface area contributed by atoms with Gasteiger partial charge < -0.3 is 4.74 Å². The first-order valence-corrected chi connectivity index (χ1v) is 4.14. The molecule has 0 saturated heterocycles. The highest BCUT2D eigenvalue weighted by Gasteiger charge is 2.30. The zero-order valence-electron chi connectivity index (χ0n) is 7.76. The number of nitrogens with two attached hydrogens (primary N) is 1. The van der Waals surface area contributed by atoms with Gasteiger partial charge in [0.2, 0.25) is 0 Å². The highest BCUT2D eigenvalue weighted by atomic mass is 16.6. The molecule has 3 nitrogen and oxygen atoms in total. The molecule has 3 heteroatoms.